The second-order valence-corrected chi connectivity index (χ2v) is 23.9. The highest BCUT2D eigenvalue weighted by atomic mass is 28.3. The van der Waals surface area contributed by atoms with E-state index < -0.39 is 16.1 Å². The summed E-state index contributed by atoms with van der Waals surface area (Å²) >= 11 is 0. The fraction of sp³-hybridized carbons (Fsp3) is 0.297. The molecule has 39 heavy (non-hydrogen) atoms. The van der Waals surface area contributed by atoms with Crippen LogP contribution in [-0.4, -0.2) is 16.1 Å². The number of hydrogen-bond donors (Lipinski definition) is 0. The summed E-state index contributed by atoms with van der Waals surface area (Å²) in [6.07, 6.45) is 0. The van der Waals surface area contributed by atoms with E-state index in [0.29, 0.717) is 0 Å². The van der Waals surface area contributed by atoms with Gasteiger partial charge in [0.1, 0.15) is 0 Å². The van der Waals surface area contributed by atoms with Gasteiger partial charge in [-0.25, -0.2) is 0 Å². The van der Waals surface area contributed by atoms with Crippen LogP contribution in [0.1, 0.15) is 27.8 Å². The highest BCUT2D eigenvalue weighted by molar-refractivity contribution is 6.89. The molecule has 5 aromatic rings. The second kappa shape index (κ2) is 9.61. The molecule has 5 aromatic carbocycles. The Morgan fingerprint density at radius 1 is 0.385 bits per heavy atom. The van der Waals surface area contributed by atoms with Gasteiger partial charge in [-0.1, -0.05) is 122 Å². The van der Waals surface area contributed by atoms with Gasteiger partial charge in [0.2, 0.25) is 0 Å². The molecule has 2 heteroatoms. The highest BCUT2D eigenvalue weighted by Crippen LogP contribution is 2.44. The van der Waals surface area contributed by atoms with Crippen molar-refractivity contribution in [1.29, 1.82) is 0 Å². The summed E-state index contributed by atoms with van der Waals surface area (Å²) in [6.45, 7) is 26.0. The number of benzene rings is 5. The number of rotatable bonds is 4. The zero-order chi connectivity index (χ0) is 28.4. The van der Waals surface area contributed by atoms with Crippen molar-refractivity contribution < 1.29 is 0 Å². The summed E-state index contributed by atoms with van der Waals surface area (Å²) in [4.78, 5) is 0. The monoisotopic (exact) mass is 544 g/mol. The minimum absolute atomic E-state index is 1.32. The second-order valence-electron chi connectivity index (χ2n) is 13.8. The van der Waals surface area contributed by atoms with E-state index in [1.807, 2.05) is 0 Å². The van der Waals surface area contributed by atoms with E-state index in [2.05, 4.69) is 141 Å². The lowest BCUT2D eigenvalue weighted by Gasteiger charge is -2.25. The maximum Gasteiger partial charge on any atom is 0.0779 e. The lowest BCUT2D eigenvalue weighted by atomic mass is 9.84. The fourth-order valence-corrected chi connectivity index (χ4v) is 9.06. The molecule has 0 aromatic heterocycles. The Labute approximate surface area is 238 Å². The molecule has 0 saturated carbocycles. The largest absolute Gasteiger partial charge is 0.0779 e. The van der Waals surface area contributed by atoms with Crippen molar-refractivity contribution in [3.63, 3.8) is 0 Å². The van der Waals surface area contributed by atoms with Crippen LogP contribution in [0.15, 0.2) is 66.7 Å². The van der Waals surface area contributed by atoms with Gasteiger partial charge in [0.25, 0.3) is 0 Å². The average Bonchev–Trinajstić information content (AvgIpc) is 2.84. The van der Waals surface area contributed by atoms with Crippen molar-refractivity contribution in [3.05, 3.63) is 94.5 Å². The van der Waals surface area contributed by atoms with Crippen molar-refractivity contribution >= 4 is 48.1 Å². The van der Waals surface area contributed by atoms with Crippen LogP contribution in [0.4, 0.5) is 0 Å². The quantitative estimate of drug-likeness (QED) is 0.156. The van der Waals surface area contributed by atoms with Crippen molar-refractivity contribution in [2.24, 2.45) is 0 Å². The third-order valence-corrected chi connectivity index (χ3v) is 12.9. The SMILES string of the molecule is Cc1ccc(-c2c3cc([Si](C)(C)C)ccc3c(-c3ccc(C)c(C)c3)c3cc([Si](C)(C)C)c(C)cc23)cc1C. The Kier molecular flexibility index (Phi) is 6.80. The first-order valence-corrected chi connectivity index (χ1v) is 21.4. The molecule has 0 spiro atoms. The van der Waals surface area contributed by atoms with Crippen LogP contribution >= 0.6 is 0 Å². The number of fused-ring (bicyclic) bond motifs is 2. The predicted molar refractivity (Wildman–Crippen MR) is 182 cm³/mol. The van der Waals surface area contributed by atoms with Crippen LogP contribution in [0.25, 0.3) is 43.8 Å². The average molecular weight is 545 g/mol. The van der Waals surface area contributed by atoms with Crippen molar-refractivity contribution in [2.45, 2.75) is 73.9 Å². The van der Waals surface area contributed by atoms with E-state index in [1.165, 1.54) is 76.8 Å². The standard InChI is InChI=1S/C37H44Si2/c1-23-12-14-28(18-25(23)3)36-31-17-16-30(38(6,7)8)21-33(31)37(29-15-13-24(2)26(4)19-29)32-20-27(5)35(22-34(32)36)39(9,10)11/h12-22H,1-11H3. The first-order chi connectivity index (χ1) is 18.2. The van der Waals surface area contributed by atoms with Gasteiger partial charge >= 0.3 is 0 Å². The zero-order valence-electron chi connectivity index (χ0n) is 25.9. The molecule has 0 aliphatic rings. The Morgan fingerprint density at radius 3 is 1.36 bits per heavy atom. The topological polar surface area (TPSA) is 0 Å². The molecule has 0 N–H and O–H groups in total. The van der Waals surface area contributed by atoms with Gasteiger partial charge in [0.15, 0.2) is 0 Å². The fourth-order valence-electron chi connectivity index (χ4n) is 6.07. The molecule has 0 atom stereocenters. The van der Waals surface area contributed by atoms with Crippen LogP contribution in [0.2, 0.25) is 39.3 Å². The summed E-state index contributed by atoms with van der Waals surface area (Å²) in [5, 5.41) is 8.60. The van der Waals surface area contributed by atoms with Crippen molar-refractivity contribution in [1.82, 2.24) is 0 Å². The molecule has 0 aliphatic heterocycles. The molecule has 5 rings (SSSR count). The summed E-state index contributed by atoms with van der Waals surface area (Å²) in [5.74, 6) is 0. The summed E-state index contributed by atoms with van der Waals surface area (Å²) in [7, 11) is -3.06. The molecule has 0 heterocycles. The Balaban J connectivity index is 2.07. The van der Waals surface area contributed by atoms with E-state index in [4.69, 9.17) is 0 Å². The molecule has 0 unspecified atom stereocenters. The van der Waals surface area contributed by atoms with Crippen LogP contribution in [-0.2, 0) is 0 Å². The lowest BCUT2D eigenvalue weighted by Crippen LogP contribution is -2.39. The molecule has 0 aliphatic carbocycles. The van der Waals surface area contributed by atoms with Crippen LogP contribution < -0.4 is 10.4 Å². The summed E-state index contributed by atoms with van der Waals surface area (Å²) in [6, 6.07) is 26.6. The minimum Gasteiger partial charge on any atom is -0.0656 e. The molecule has 0 radical (unpaired) electrons. The van der Waals surface area contributed by atoms with Crippen molar-refractivity contribution in [3.8, 4) is 22.3 Å². The predicted octanol–water partition coefficient (Wildman–Crippen LogP) is 9.96. The zero-order valence-corrected chi connectivity index (χ0v) is 27.9. The van der Waals surface area contributed by atoms with E-state index in [0.717, 1.165) is 0 Å². The number of aryl methyl sites for hydroxylation is 5. The Bertz CT molecular complexity index is 1760. The molecule has 0 bridgehead atoms. The van der Waals surface area contributed by atoms with Crippen molar-refractivity contribution in [2.75, 3.05) is 0 Å². The van der Waals surface area contributed by atoms with Crippen LogP contribution in [0, 0.1) is 34.6 Å². The third kappa shape index (κ3) is 4.94. The number of hydrogen-bond acceptors (Lipinski definition) is 0. The molecule has 200 valence electrons. The third-order valence-electron chi connectivity index (χ3n) is 8.73. The molecule has 0 saturated heterocycles. The van der Waals surface area contributed by atoms with Gasteiger partial charge in [-0.05, 0) is 101 Å². The molecule has 0 fully saturated rings. The molecular weight excluding hydrogens is 501 g/mol. The Hall–Kier alpha value is -2.95. The maximum absolute atomic E-state index is 2.57. The minimum atomic E-state index is -1.55. The van der Waals surface area contributed by atoms with E-state index >= 15 is 0 Å². The molecule has 0 amide bonds. The van der Waals surface area contributed by atoms with Gasteiger partial charge in [0.05, 0.1) is 16.1 Å². The van der Waals surface area contributed by atoms with E-state index in [1.54, 1.807) is 5.19 Å². The summed E-state index contributed by atoms with van der Waals surface area (Å²) in [5.41, 5.74) is 12.3. The van der Waals surface area contributed by atoms with Gasteiger partial charge in [0, 0.05) is 0 Å². The maximum atomic E-state index is 2.57. The molecule has 0 nitrogen and oxygen atoms in total. The van der Waals surface area contributed by atoms with Crippen LogP contribution in [0.5, 0.6) is 0 Å². The summed E-state index contributed by atoms with van der Waals surface area (Å²) < 4.78 is 0. The van der Waals surface area contributed by atoms with E-state index in [9.17, 15) is 0 Å². The highest BCUT2D eigenvalue weighted by Gasteiger charge is 2.25. The van der Waals surface area contributed by atoms with E-state index in [-0.39, 0.29) is 0 Å². The lowest BCUT2D eigenvalue weighted by molar-refractivity contribution is 1.34. The van der Waals surface area contributed by atoms with Crippen LogP contribution in [0.3, 0.4) is 0 Å². The van der Waals surface area contributed by atoms with Gasteiger partial charge in [-0.3, -0.25) is 0 Å². The smallest absolute Gasteiger partial charge is 0.0656 e. The van der Waals surface area contributed by atoms with Gasteiger partial charge in [-0.15, -0.1) is 0 Å². The van der Waals surface area contributed by atoms with Gasteiger partial charge < -0.3 is 0 Å². The first kappa shape index (κ1) is 27.6. The Morgan fingerprint density at radius 2 is 0.872 bits per heavy atom. The first-order valence-electron chi connectivity index (χ1n) is 14.4. The normalized spacial score (nSPS) is 12.5. The molecular formula is C37H44Si2. The van der Waals surface area contributed by atoms with Gasteiger partial charge in [-0.2, -0.15) is 0 Å².